The second kappa shape index (κ2) is 6.26. The Morgan fingerprint density at radius 1 is 0.909 bits per heavy atom. The third-order valence-corrected chi connectivity index (χ3v) is 3.61. The van der Waals surface area contributed by atoms with Gasteiger partial charge in [0.2, 0.25) is 0 Å². The van der Waals surface area contributed by atoms with Crippen LogP contribution >= 0.6 is 0 Å². The Balaban J connectivity index is 2.56. The molecule has 2 aromatic carbocycles. The van der Waals surface area contributed by atoms with E-state index in [1.807, 2.05) is 0 Å². The van der Waals surface area contributed by atoms with Crippen LogP contribution in [-0.4, -0.2) is 22.2 Å². The molecule has 0 aliphatic carbocycles. The van der Waals surface area contributed by atoms with Crippen molar-refractivity contribution in [1.82, 2.24) is 0 Å². The Morgan fingerprint density at radius 2 is 1.41 bits per heavy atom. The van der Waals surface area contributed by atoms with Crippen molar-refractivity contribution in [2.45, 2.75) is 12.8 Å². The molecule has 2 rings (SSSR count). The van der Waals surface area contributed by atoms with Gasteiger partial charge >= 0.3 is 11.9 Å². The molecule has 0 aromatic heterocycles. The van der Waals surface area contributed by atoms with Gasteiger partial charge in [-0.05, 0) is 35.3 Å². The summed E-state index contributed by atoms with van der Waals surface area (Å²) < 4.78 is 0. The van der Waals surface area contributed by atoms with Crippen LogP contribution in [0.15, 0.2) is 55.1 Å². The van der Waals surface area contributed by atoms with Crippen LogP contribution in [0.25, 0.3) is 5.57 Å². The third-order valence-electron chi connectivity index (χ3n) is 3.61. The lowest BCUT2D eigenvalue weighted by Gasteiger charge is -2.16. The zero-order valence-corrected chi connectivity index (χ0v) is 12.1. The van der Waals surface area contributed by atoms with Crippen molar-refractivity contribution in [1.29, 1.82) is 0 Å². The molecule has 0 spiro atoms. The second-order valence-electron chi connectivity index (χ2n) is 4.98. The van der Waals surface area contributed by atoms with Gasteiger partial charge in [0.05, 0.1) is 11.5 Å². The number of benzene rings is 2. The summed E-state index contributed by atoms with van der Waals surface area (Å²) in [5.41, 5.74) is 2.39. The SMILES string of the molecule is C=C(c1ccccc1C(=O)O)c1ccccc1C(C)C(=O)O. The first-order valence-corrected chi connectivity index (χ1v) is 6.77. The summed E-state index contributed by atoms with van der Waals surface area (Å²) in [6.07, 6.45) is 0. The van der Waals surface area contributed by atoms with Crippen LogP contribution in [0.4, 0.5) is 0 Å². The lowest BCUT2D eigenvalue weighted by atomic mass is 9.87. The minimum absolute atomic E-state index is 0.144. The Labute approximate surface area is 128 Å². The zero-order valence-electron chi connectivity index (χ0n) is 12.1. The highest BCUT2D eigenvalue weighted by Crippen LogP contribution is 2.31. The smallest absolute Gasteiger partial charge is 0.336 e. The number of aliphatic carboxylic acids is 1. The van der Waals surface area contributed by atoms with E-state index in [-0.39, 0.29) is 5.56 Å². The van der Waals surface area contributed by atoms with Crippen molar-refractivity contribution < 1.29 is 19.8 Å². The predicted octanol–water partition coefficient (Wildman–Crippen LogP) is 3.63. The van der Waals surface area contributed by atoms with E-state index in [1.54, 1.807) is 49.4 Å². The Kier molecular flexibility index (Phi) is 4.41. The highest BCUT2D eigenvalue weighted by atomic mass is 16.4. The van der Waals surface area contributed by atoms with Crippen LogP contribution in [0.3, 0.4) is 0 Å². The normalized spacial score (nSPS) is 11.7. The van der Waals surface area contributed by atoms with Gasteiger partial charge in [0.1, 0.15) is 0 Å². The molecule has 0 aliphatic rings. The van der Waals surface area contributed by atoms with Crippen LogP contribution in [0.1, 0.15) is 39.9 Å². The Hall–Kier alpha value is -2.88. The third kappa shape index (κ3) is 2.91. The molecule has 0 heterocycles. The number of aromatic carboxylic acids is 1. The van der Waals surface area contributed by atoms with Crippen molar-refractivity contribution in [3.63, 3.8) is 0 Å². The quantitative estimate of drug-likeness (QED) is 0.883. The second-order valence-corrected chi connectivity index (χ2v) is 4.98. The minimum atomic E-state index is -1.04. The maximum Gasteiger partial charge on any atom is 0.336 e. The van der Waals surface area contributed by atoms with Crippen LogP contribution in [-0.2, 0) is 4.79 Å². The van der Waals surface area contributed by atoms with Gasteiger partial charge in [-0.3, -0.25) is 4.79 Å². The number of carboxylic acid groups (broad SMARTS) is 2. The van der Waals surface area contributed by atoms with E-state index in [0.29, 0.717) is 22.3 Å². The molecular formula is C18H16O4. The fraction of sp³-hybridized carbons (Fsp3) is 0.111. The maximum atomic E-state index is 11.3. The lowest BCUT2D eigenvalue weighted by Crippen LogP contribution is -2.10. The highest BCUT2D eigenvalue weighted by molar-refractivity contribution is 5.97. The number of hydrogen-bond acceptors (Lipinski definition) is 2. The molecule has 0 fully saturated rings. The first-order valence-electron chi connectivity index (χ1n) is 6.77. The first-order chi connectivity index (χ1) is 10.4. The van der Waals surface area contributed by atoms with Gasteiger partial charge in [0, 0.05) is 0 Å². The fourth-order valence-corrected chi connectivity index (χ4v) is 2.36. The summed E-state index contributed by atoms with van der Waals surface area (Å²) >= 11 is 0. The largest absolute Gasteiger partial charge is 0.481 e. The Bertz CT molecular complexity index is 746. The van der Waals surface area contributed by atoms with E-state index in [0.717, 1.165) is 0 Å². The van der Waals surface area contributed by atoms with Gasteiger partial charge in [-0.15, -0.1) is 0 Å². The van der Waals surface area contributed by atoms with Gasteiger partial charge in [-0.1, -0.05) is 49.0 Å². The standard InChI is InChI=1S/C18H16O4/c1-11(14-8-5-6-10-16(14)18(21)22)13-7-3-4-9-15(13)12(2)17(19)20/h3-10,12H,1H2,2H3,(H,19,20)(H,21,22). The Morgan fingerprint density at radius 3 is 1.95 bits per heavy atom. The van der Waals surface area contributed by atoms with Gasteiger partial charge in [-0.2, -0.15) is 0 Å². The average Bonchev–Trinajstić information content (AvgIpc) is 2.53. The first kappa shape index (κ1) is 15.5. The number of hydrogen-bond donors (Lipinski definition) is 2. The molecule has 2 N–H and O–H groups in total. The van der Waals surface area contributed by atoms with Gasteiger partial charge in [0.25, 0.3) is 0 Å². The highest BCUT2D eigenvalue weighted by Gasteiger charge is 2.20. The summed E-state index contributed by atoms with van der Waals surface area (Å²) in [6, 6.07) is 13.6. The molecule has 2 aromatic rings. The average molecular weight is 296 g/mol. The van der Waals surface area contributed by atoms with E-state index in [9.17, 15) is 19.8 Å². The summed E-state index contributed by atoms with van der Waals surface area (Å²) in [4.78, 5) is 22.6. The molecule has 112 valence electrons. The molecular weight excluding hydrogens is 280 g/mol. The van der Waals surface area contributed by atoms with Crippen molar-refractivity contribution in [3.05, 3.63) is 77.4 Å². The summed E-state index contributed by atoms with van der Waals surface area (Å²) in [5.74, 6) is -2.68. The molecule has 0 amide bonds. The number of carbonyl (C=O) groups is 2. The van der Waals surface area contributed by atoms with Crippen LogP contribution in [0.5, 0.6) is 0 Å². The van der Waals surface area contributed by atoms with Crippen LogP contribution in [0.2, 0.25) is 0 Å². The number of rotatable bonds is 5. The summed E-state index contributed by atoms with van der Waals surface area (Å²) in [7, 11) is 0. The fourth-order valence-electron chi connectivity index (χ4n) is 2.36. The lowest BCUT2D eigenvalue weighted by molar-refractivity contribution is -0.138. The minimum Gasteiger partial charge on any atom is -0.481 e. The molecule has 0 bridgehead atoms. The predicted molar refractivity (Wildman–Crippen MR) is 84.0 cm³/mol. The molecule has 4 heteroatoms. The van der Waals surface area contributed by atoms with Gasteiger partial charge in [0.15, 0.2) is 0 Å². The summed E-state index contributed by atoms with van der Waals surface area (Å²) in [6.45, 7) is 5.58. The molecule has 1 atom stereocenters. The van der Waals surface area contributed by atoms with Crippen molar-refractivity contribution >= 4 is 17.5 Å². The van der Waals surface area contributed by atoms with E-state index >= 15 is 0 Å². The molecule has 0 saturated carbocycles. The van der Waals surface area contributed by atoms with Crippen molar-refractivity contribution in [3.8, 4) is 0 Å². The van der Waals surface area contributed by atoms with Crippen molar-refractivity contribution in [2.24, 2.45) is 0 Å². The van der Waals surface area contributed by atoms with Crippen LogP contribution < -0.4 is 0 Å². The van der Waals surface area contributed by atoms with Crippen molar-refractivity contribution in [2.75, 3.05) is 0 Å². The van der Waals surface area contributed by atoms with E-state index in [1.165, 1.54) is 6.07 Å². The molecule has 1 unspecified atom stereocenters. The topological polar surface area (TPSA) is 74.6 Å². The van der Waals surface area contributed by atoms with Crippen LogP contribution in [0, 0.1) is 0 Å². The number of carboxylic acids is 2. The molecule has 0 radical (unpaired) electrons. The zero-order chi connectivity index (χ0) is 16.3. The summed E-state index contributed by atoms with van der Waals surface area (Å²) in [5, 5.41) is 18.5. The molecule has 0 aliphatic heterocycles. The molecule has 22 heavy (non-hydrogen) atoms. The van der Waals surface area contributed by atoms with E-state index < -0.39 is 17.9 Å². The van der Waals surface area contributed by atoms with E-state index in [2.05, 4.69) is 6.58 Å². The monoisotopic (exact) mass is 296 g/mol. The molecule has 4 nitrogen and oxygen atoms in total. The van der Waals surface area contributed by atoms with Gasteiger partial charge < -0.3 is 10.2 Å². The van der Waals surface area contributed by atoms with Gasteiger partial charge in [-0.25, -0.2) is 4.79 Å². The van der Waals surface area contributed by atoms with E-state index in [4.69, 9.17) is 0 Å². The maximum absolute atomic E-state index is 11.3. The molecule has 0 saturated heterocycles.